The highest BCUT2D eigenvalue weighted by molar-refractivity contribution is 7.54. The Balaban J connectivity index is 1.58. The Bertz CT molecular complexity index is 1310. The van der Waals surface area contributed by atoms with Gasteiger partial charge in [-0.3, -0.25) is 9.59 Å². The standard InChI is InChI=1S/C23H21N2O9P/c26-20-18-19(21(20)27)25(11-1-10-24-18)12-13-35(32,33-16-6-2-14(3-7-16)22(28)29)34-17-8-4-15(5-9-17)23(30)31/h2-9,24H,1,10-13H2,(H,28,29)(H,30,31). The Morgan fingerprint density at radius 2 is 1.40 bits per heavy atom. The first kappa shape index (κ1) is 24.0. The van der Waals surface area contributed by atoms with Crippen LogP contribution in [0.4, 0.5) is 11.4 Å². The molecular weight excluding hydrogens is 479 g/mol. The first-order valence-electron chi connectivity index (χ1n) is 10.6. The van der Waals surface area contributed by atoms with Crippen LogP contribution in [0, 0.1) is 0 Å². The molecule has 11 nitrogen and oxygen atoms in total. The maximum Gasteiger partial charge on any atom is 0.432 e. The van der Waals surface area contributed by atoms with E-state index in [-0.39, 0.29) is 46.7 Å². The number of hydrogen-bond acceptors (Lipinski definition) is 9. The maximum atomic E-state index is 13.8. The predicted octanol–water partition coefficient (Wildman–Crippen LogP) is 2.65. The summed E-state index contributed by atoms with van der Waals surface area (Å²) in [6, 6.07) is 10.5. The SMILES string of the molecule is O=C(O)c1ccc(OP(=O)(CCN2CCCNc3c2c(=O)c3=O)Oc2ccc(C(=O)O)cc2)cc1. The fraction of sp³-hybridized carbons (Fsp3) is 0.217. The zero-order valence-corrected chi connectivity index (χ0v) is 19.2. The van der Waals surface area contributed by atoms with Crippen molar-refractivity contribution in [2.45, 2.75) is 6.42 Å². The molecule has 1 heterocycles. The van der Waals surface area contributed by atoms with Crippen molar-refractivity contribution in [2.75, 3.05) is 36.0 Å². The van der Waals surface area contributed by atoms with Crippen molar-refractivity contribution in [3.63, 3.8) is 0 Å². The second-order valence-electron chi connectivity index (χ2n) is 7.83. The number of nitrogens with one attached hydrogen (secondary N) is 1. The van der Waals surface area contributed by atoms with Gasteiger partial charge in [0.25, 0.3) is 10.9 Å². The van der Waals surface area contributed by atoms with Gasteiger partial charge < -0.3 is 29.5 Å². The van der Waals surface area contributed by atoms with Crippen LogP contribution in [-0.2, 0) is 4.57 Å². The highest BCUT2D eigenvalue weighted by Gasteiger charge is 2.33. The lowest BCUT2D eigenvalue weighted by atomic mass is 10.2. The number of hydrogen-bond donors (Lipinski definition) is 3. The van der Waals surface area contributed by atoms with Crippen molar-refractivity contribution in [3.8, 4) is 11.5 Å². The van der Waals surface area contributed by atoms with E-state index in [1.54, 1.807) is 4.90 Å². The van der Waals surface area contributed by atoms with Crippen LogP contribution < -0.4 is 30.1 Å². The van der Waals surface area contributed by atoms with Gasteiger partial charge in [-0.15, -0.1) is 0 Å². The van der Waals surface area contributed by atoms with Crippen LogP contribution >= 0.6 is 7.60 Å². The molecule has 4 rings (SSSR count). The van der Waals surface area contributed by atoms with Crippen LogP contribution in [0.15, 0.2) is 58.1 Å². The molecular formula is C23H21N2O9P. The molecule has 1 aliphatic heterocycles. The van der Waals surface area contributed by atoms with Gasteiger partial charge in [0.2, 0.25) is 0 Å². The molecule has 3 aromatic rings. The minimum absolute atomic E-state index is 0.0158. The van der Waals surface area contributed by atoms with E-state index in [0.717, 1.165) is 0 Å². The Kier molecular flexibility index (Phi) is 6.61. The number of carbonyl (C=O) groups is 2. The number of carboxylic acids is 2. The summed E-state index contributed by atoms with van der Waals surface area (Å²) in [5.41, 5.74) is -0.670. The molecule has 0 spiro atoms. The molecule has 0 radical (unpaired) electrons. The normalized spacial score (nSPS) is 13.4. The molecule has 12 heteroatoms. The first-order chi connectivity index (χ1) is 16.7. The van der Waals surface area contributed by atoms with E-state index in [9.17, 15) is 23.7 Å². The molecule has 0 amide bonds. The van der Waals surface area contributed by atoms with Crippen molar-refractivity contribution in [1.29, 1.82) is 0 Å². The molecule has 182 valence electrons. The highest BCUT2D eigenvalue weighted by Crippen LogP contribution is 2.48. The van der Waals surface area contributed by atoms with Gasteiger partial charge in [0, 0.05) is 19.6 Å². The van der Waals surface area contributed by atoms with E-state index >= 15 is 0 Å². The Morgan fingerprint density at radius 3 is 1.89 bits per heavy atom. The largest absolute Gasteiger partial charge is 0.478 e. The second kappa shape index (κ2) is 9.63. The van der Waals surface area contributed by atoms with Crippen LogP contribution in [0.3, 0.4) is 0 Å². The molecule has 0 unspecified atom stereocenters. The van der Waals surface area contributed by atoms with Gasteiger partial charge >= 0.3 is 19.5 Å². The van der Waals surface area contributed by atoms with Gasteiger partial charge in [0.15, 0.2) is 0 Å². The number of anilines is 2. The number of aromatic carboxylic acids is 2. The summed E-state index contributed by atoms with van der Waals surface area (Å²) >= 11 is 0. The van der Waals surface area contributed by atoms with Crippen LogP contribution in [0.5, 0.6) is 11.5 Å². The smallest absolute Gasteiger partial charge is 0.432 e. The molecule has 35 heavy (non-hydrogen) atoms. The lowest BCUT2D eigenvalue weighted by molar-refractivity contribution is 0.0686. The van der Waals surface area contributed by atoms with Gasteiger partial charge in [0.1, 0.15) is 22.9 Å². The van der Waals surface area contributed by atoms with Crippen molar-refractivity contribution < 1.29 is 33.4 Å². The summed E-state index contributed by atoms with van der Waals surface area (Å²) in [6.07, 6.45) is 0.472. The topological polar surface area (TPSA) is 160 Å². The van der Waals surface area contributed by atoms with E-state index in [2.05, 4.69) is 5.32 Å². The summed E-state index contributed by atoms with van der Waals surface area (Å²) in [4.78, 5) is 47.8. The number of rotatable bonds is 9. The van der Waals surface area contributed by atoms with E-state index in [4.69, 9.17) is 19.3 Å². The van der Waals surface area contributed by atoms with E-state index in [0.29, 0.717) is 19.5 Å². The Hall–Kier alpha value is -4.11. The molecule has 1 aliphatic rings. The number of nitrogens with zero attached hydrogens (tertiary/aromatic N) is 1. The third-order valence-corrected chi connectivity index (χ3v) is 7.17. The molecule has 0 saturated heterocycles. The zero-order valence-electron chi connectivity index (χ0n) is 18.3. The monoisotopic (exact) mass is 500 g/mol. The molecule has 3 aromatic carbocycles. The third-order valence-electron chi connectivity index (χ3n) is 5.44. The minimum Gasteiger partial charge on any atom is -0.478 e. The van der Waals surface area contributed by atoms with Gasteiger partial charge in [0.05, 0.1) is 17.3 Å². The maximum absolute atomic E-state index is 13.8. The molecule has 3 N–H and O–H groups in total. The number of fused-ring (bicyclic) bond motifs is 1. The minimum atomic E-state index is -3.95. The first-order valence-corrected chi connectivity index (χ1v) is 12.4. The highest BCUT2D eigenvalue weighted by atomic mass is 31.2. The fourth-order valence-electron chi connectivity index (χ4n) is 3.66. The Morgan fingerprint density at radius 1 is 0.886 bits per heavy atom. The average molecular weight is 500 g/mol. The fourth-order valence-corrected chi connectivity index (χ4v) is 5.25. The summed E-state index contributed by atoms with van der Waals surface area (Å²) in [6.45, 7) is 1.05. The van der Waals surface area contributed by atoms with Crippen molar-refractivity contribution >= 4 is 30.9 Å². The Labute approximate surface area is 198 Å². The van der Waals surface area contributed by atoms with Gasteiger partial charge in [-0.1, -0.05) is 0 Å². The predicted molar refractivity (Wildman–Crippen MR) is 127 cm³/mol. The van der Waals surface area contributed by atoms with Crippen LogP contribution in [0.2, 0.25) is 0 Å². The lowest BCUT2D eigenvalue weighted by Crippen LogP contribution is -2.42. The average Bonchev–Trinajstić information content (AvgIpc) is 3.03. The van der Waals surface area contributed by atoms with Crippen molar-refractivity contribution in [1.82, 2.24) is 0 Å². The molecule has 0 bridgehead atoms. The van der Waals surface area contributed by atoms with E-state index < -0.39 is 30.4 Å². The molecule has 0 aliphatic carbocycles. The number of carboxylic acid groups (broad SMARTS) is 2. The number of benzene rings is 2. The summed E-state index contributed by atoms with van der Waals surface area (Å²) in [7, 11) is -3.95. The van der Waals surface area contributed by atoms with Crippen LogP contribution in [-0.4, -0.2) is 47.9 Å². The zero-order chi connectivity index (χ0) is 25.2. The third kappa shape index (κ3) is 5.20. The molecule has 0 aromatic heterocycles. The second-order valence-corrected chi connectivity index (χ2v) is 9.86. The van der Waals surface area contributed by atoms with Crippen LogP contribution in [0.25, 0.3) is 0 Å². The molecule has 0 atom stereocenters. The summed E-state index contributed by atoms with van der Waals surface area (Å²) < 4.78 is 25.1. The molecule has 0 saturated carbocycles. The summed E-state index contributed by atoms with van der Waals surface area (Å²) in [5, 5.41) is 21.1. The van der Waals surface area contributed by atoms with E-state index in [1.165, 1.54) is 48.5 Å². The van der Waals surface area contributed by atoms with Gasteiger partial charge in [-0.2, -0.15) is 0 Å². The van der Waals surface area contributed by atoms with Crippen LogP contribution in [0.1, 0.15) is 27.1 Å². The lowest BCUT2D eigenvalue weighted by Gasteiger charge is -2.27. The van der Waals surface area contributed by atoms with Crippen molar-refractivity contribution in [3.05, 3.63) is 80.1 Å². The quantitative estimate of drug-likeness (QED) is 0.293. The van der Waals surface area contributed by atoms with Gasteiger partial charge in [-0.25, -0.2) is 14.2 Å². The van der Waals surface area contributed by atoms with Crippen molar-refractivity contribution in [2.24, 2.45) is 0 Å². The van der Waals surface area contributed by atoms with Gasteiger partial charge in [-0.05, 0) is 55.0 Å². The summed E-state index contributed by atoms with van der Waals surface area (Å²) in [5.74, 6) is -2.05. The molecule has 0 fully saturated rings. The van der Waals surface area contributed by atoms with E-state index in [1.807, 2.05) is 0 Å².